The Morgan fingerprint density at radius 1 is 1.10 bits per heavy atom. The molecule has 4 rings (SSSR count). The van der Waals surface area contributed by atoms with Gasteiger partial charge >= 0.3 is 6.09 Å². The molecule has 1 aromatic heterocycles. The molecular weight excluding hydrogens is 382 g/mol. The van der Waals surface area contributed by atoms with Crippen molar-refractivity contribution in [3.8, 4) is 23.0 Å². The SMILES string of the molecule is O=C(NCCC#Cc1csc(CO)c1)OCC1c2ccccc2-c2ccccc21. The van der Waals surface area contributed by atoms with Gasteiger partial charge in [0, 0.05) is 34.7 Å². The first-order valence-electron chi connectivity index (χ1n) is 9.52. The predicted molar refractivity (Wildman–Crippen MR) is 115 cm³/mol. The summed E-state index contributed by atoms with van der Waals surface area (Å²) in [5, 5.41) is 13.7. The number of aliphatic hydroxyl groups excluding tert-OH is 1. The van der Waals surface area contributed by atoms with Crippen molar-refractivity contribution >= 4 is 17.4 Å². The maximum atomic E-state index is 12.1. The number of rotatable bonds is 5. The molecule has 2 N–H and O–H groups in total. The van der Waals surface area contributed by atoms with Crippen LogP contribution in [-0.2, 0) is 11.3 Å². The Balaban J connectivity index is 1.28. The minimum Gasteiger partial charge on any atom is -0.449 e. The van der Waals surface area contributed by atoms with E-state index < -0.39 is 6.09 Å². The zero-order valence-corrected chi connectivity index (χ0v) is 16.7. The molecule has 1 aliphatic rings. The molecule has 0 spiro atoms. The van der Waals surface area contributed by atoms with Crippen molar-refractivity contribution in [3.63, 3.8) is 0 Å². The number of carbonyl (C=O) groups is 1. The maximum absolute atomic E-state index is 12.1. The molecule has 146 valence electrons. The lowest BCUT2D eigenvalue weighted by Crippen LogP contribution is -2.26. The molecule has 0 atom stereocenters. The third-order valence-corrected chi connectivity index (χ3v) is 5.83. The van der Waals surface area contributed by atoms with Gasteiger partial charge in [-0.3, -0.25) is 0 Å². The predicted octanol–water partition coefficient (Wildman–Crippen LogP) is 4.52. The molecule has 5 heteroatoms. The summed E-state index contributed by atoms with van der Waals surface area (Å²) < 4.78 is 5.50. The van der Waals surface area contributed by atoms with Crippen LogP contribution in [0.4, 0.5) is 4.79 Å². The fourth-order valence-corrected chi connectivity index (χ4v) is 4.25. The first kappa shape index (κ1) is 19.3. The van der Waals surface area contributed by atoms with Crippen LogP contribution in [0, 0.1) is 11.8 Å². The summed E-state index contributed by atoms with van der Waals surface area (Å²) in [7, 11) is 0. The second-order valence-electron chi connectivity index (χ2n) is 6.76. The number of benzene rings is 2. The second-order valence-corrected chi connectivity index (χ2v) is 7.76. The quantitative estimate of drug-likeness (QED) is 0.486. The van der Waals surface area contributed by atoms with Crippen LogP contribution in [0.2, 0.25) is 0 Å². The molecule has 1 aliphatic carbocycles. The number of ether oxygens (including phenoxy) is 1. The number of hydrogen-bond acceptors (Lipinski definition) is 4. The van der Waals surface area contributed by atoms with Crippen molar-refractivity contribution in [2.45, 2.75) is 18.9 Å². The third-order valence-electron chi connectivity index (χ3n) is 4.91. The normalized spacial score (nSPS) is 11.9. The zero-order valence-electron chi connectivity index (χ0n) is 15.9. The summed E-state index contributed by atoms with van der Waals surface area (Å²) in [6.45, 7) is 0.779. The molecule has 0 aliphatic heterocycles. The Kier molecular flexibility index (Phi) is 5.95. The summed E-state index contributed by atoms with van der Waals surface area (Å²) >= 11 is 1.48. The minimum atomic E-state index is -0.424. The topological polar surface area (TPSA) is 58.6 Å². The fourth-order valence-electron chi connectivity index (χ4n) is 3.57. The van der Waals surface area contributed by atoms with Gasteiger partial charge in [-0.2, -0.15) is 0 Å². The number of amides is 1. The van der Waals surface area contributed by atoms with Gasteiger partial charge in [0.2, 0.25) is 0 Å². The van der Waals surface area contributed by atoms with Gasteiger partial charge in [-0.15, -0.1) is 11.3 Å². The Morgan fingerprint density at radius 2 is 1.79 bits per heavy atom. The van der Waals surface area contributed by atoms with Crippen molar-refractivity contribution < 1.29 is 14.6 Å². The molecule has 0 saturated carbocycles. The fraction of sp³-hybridized carbons (Fsp3) is 0.208. The molecule has 0 fully saturated rings. The van der Waals surface area contributed by atoms with Gasteiger partial charge in [0.1, 0.15) is 6.61 Å². The molecule has 0 unspecified atom stereocenters. The highest BCUT2D eigenvalue weighted by Crippen LogP contribution is 2.44. The maximum Gasteiger partial charge on any atom is 0.407 e. The second kappa shape index (κ2) is 8.95. The highest BCUT2D eigenvalue weighted by atomic mass is 32.1. The number of fused-ring (bicyclic) bond motifs is 3. The van der Waals surface area contributed by atoms with Crippen molar-refractivity contribution in [2.24, 2.45) is 0 Å². The van der Waals surface area contributed by atoms with Crippen LogP contribution in [0.3, 0.4) is 0 Å². The van der Waals surface area contributed by atoms with E-state index in [9.17, 15) is 4.79 Å². The van der Waals surface area contributed by atoms with Crippen LogP contribution in [0.1, 0.15) is 33.9 Å². The summed E-state index contributed by atoms with van der Waals surface area (Å²) in [5.41, 5.74) is 5.71. The van der Waals surface area contributed by atoms with Crippen molar-refractivity contribution in [1.82, 2.24) is 5.32 Å². The number of aliphatic hydroxyl groups is 1. The molecule has 0 bridgehead atoms. The summed E-state index contributed by atoms with van der Waals surface area (Å²) in [6, 6.07) is 18.4. The summed E-state index contributed by atoms with van der Waals surface area (Å²) in [6.07, 6.45) is 0.112. The van der Waals surface area contributed by atoms with Crippen LogP contribution in [-0.4, -0.2) is 24.4 Å². The number of carbonyl (C=O) groups excluding carboxylic acids is 1. The van der Waals surface area contributed by atoms with Crippen molar-refractivity contribution in [2.75, 3.05) is 13.2 Å². The van der Waals surface area contributed by atoms with Crippen LogP contribution in [0.15, 0.2) is 60.0 Å². The smallest absolute Gasteiger partial charge is 0.407 e. The zero-order chi connectivity index (χ0) is 20.1. The first-order valence-corrected chi connectivity index (χ1v) is 10.4. The Morgan fingerprint density at radius 3 is 2.45 bits per heavy atom. The highest BCUT2D eigenvalue weighted by Gasteiger charge is 2.28. The first-order chi connectivity index (χ1) is 14.3. The molecule has 1 heterocycles. The lowest BCUT2D eigenvalue weighted by molar-refractivity contribution is 0.143. The Hall–Kier alpha value is -3.07. The third kappa shape index (κ3) is 4.34. The number of alkyl carbamates (subject to hydrolysis) is 1. The Bertz CT molecular complexity index is 1030. The molecule has 4 nitrogen and oxygen atoms in total. The van der Waals surface area contributed by atoms with E-state index in [1.54, 1.807) is 0 Å². The molecule has 0 radical (unpaired) electrons. The van der Waals surface area contributed by atoms with Gasteiger partial charge < -0.3 is 15.2 Å². The van der Waals surface area contributed by atoms with E-state index in [-0.39, 0.29) is 12.5 Å². The van der Waals surface area contributed by atoms with Crippen LogP contribution in [0.5, 0.6) is 0 Å². The molecular formula is C24H21NO3S. The van der Waals surface area contributed by atoms with Gasteiger partial charge in [-0.1, -0.05) is 60.4 Å². The summed E-state index contributed by atoms with van der Waals surface area (Å²) in [5.74, 6) is 6.11. The number of nitrogens with one attached hydrogen (secondary N) is 1. The molecule has 3 aromatic rings. The molecule has 2 aromatic carbocycles. The highest BCUT2D eigenvalue weighted by molar-refractivity contribution is 7.10. The van der Waals surface area contributed by atoms with Crippen LogP contribution >= 0.6 is 11.3 Å². The average Bonchev–Trinajstić information content (AvgIpc) is 3.34. The largest absolute Gasteiger partial charge is 0.449 e. The van der Waals surface area contributed by atoms with Crippen LogP contribution < -0.4 is 5.32 Å². The van der Waals surface area contributed by atoms with E-state index >= 15 is 0 Å². The summed E-state index contributed by atoms with van der Waals surface area (Å²) in [4.78, 5) is 13.0. The van der Waals surface area contributed by atoms with Gasteiger partial charge in [0.25, 0.3) is 0 Å². The van der Waals surface area contributed by atoms with Gasteiger partial charge in [-0.25, -0.2) is 4.79 Å². The number of thiophene rings is 1. The molecule has 1 amide bonds. The monoisotopic (exact) mass is 403 g/mol. The van der Waals surface area contributed by atoms with Gasteiger partial charge in [0.15, 0.2) is 0 Å². The lowest BCUT2D eigenvalue weighted by Gasteiger charge is -2.14. The van der Waals surface area contributed by atoms with Gasteiger partial charge in [0.05, 0.1) is 6.61 Å². The van der Waals surface area contributed by atoms with Crippen LogP contribution in [0.25, 0.3) is 11.1 Å². The molecule has 0 saturated heterocycles. The van der Waals surface area contributed by atoms with E-state index in [2.05, 4.69) is 41.4 Å². The standard InChI is InChI=1S/C24H21NO3S/c26-14-18-13-17(16-29-18)7-5-6-12-25-24(27)28-15-23-21-10-3-1-8-19(21)20-9-2-4-11-22(20)23/h1-4,8-11,13,16,23,26H,6,12,14-15H2,(H,25,27). The molecule has 29 heavy (non-hydrogen) atoms. The van der Waals surface area contributed by atoms with Crippen molar-refractivity contribution in [1.29, 1.82) is 0 Å². The Labute approximate surface area is 174 Å². The lowest BCUT2D eigenvalue weighted by atomic mass is 9.98. The minimum absolute atomic E-state index is 0.0374. The van der Waals surface area contributed by atoms with Gasteiger partial charge in [-0.05, 0) is 28.3 Å². The van der Waals surface area contributed by atoms with E-state index in [1.165, 1.54) is 33.6 Å². The van der Waals surface area contributed by atoms with E-state index in [4.69, 9.17) is 9.84 Å². The van der Waals surface area contributed by atoms with E-state index in [0.717, 1.165) is 10.4 Å². The average molecular weight is 404 g/mol. The van der Waals surface area contributed by atoms with E-state index in [1.807, 2.05) is 35.7 Å². The van der Waals surface area contributed by atoms with Crippen molar-refractivity contribution in [3.05, 3.63) is 81.5 Å². The van der Waals surface area contributed by atoms with E-state index in [0.29, 0.717) is 19.6 Å². The number of hydrogen-bond donors (Lipinski definition) is 2.